The number of hydrogen-bond acceptors (Lipinski definition) is 4. The molecule has 3 unspecified atom stereocenters. The van der Waals surface area contributed by atoms with Gasteiger partial charge in [0.15, 0.2) is 0 Å². The van der Waals surface area contributed by atoms with Crippen molar-refractivity contribution in [2.24, 2.45) is 5.92 Å². The van der Waals surface area contributed by atoms with Crippen LogP contribution in [0.2, 0.25) is 0 Å². The van der Waals surface area contributed by atoms with Gasteiger partial charge in [0.25, 0.3) is 0 Å². The quantitative estimate of drug-likeness (QED) is 0.699. The number of aliphatic carboxylic acids is 1. The van der Waals surface area contributed by atoms with Gasteiger partial charge in [-0.05, 0) is 25.7 Å². The molecule has 2 N–H and O–H groups in total. The largest absolute Gasteiger partial charge is 0.481 e. The fourth-order valence-corrected chi connectivity index (χ4v) is 3.86. The van der Waals surface area contributed by atoms with E-state index in [-0.39, 0.29) is 23.9 Å². The average molecular weight is 304 g/mol. The molecule has 20 heavy (non-hydrogen) atoms. The molecule has 0 spiro atoms. The van der Waals surface area contributed by atoms with Gasteiger partial charge in [0.1, 0.15) is 9.84 Å². The first-order valence-electron chi connectivity index (χ1n) is 6.76. The van der Waals surface area contributed by atoms with E-state index in [1.54, 1.807) is 4.90 Å². The zero-order chi connectivity index (χ0) is 14.9. The molecule has 2 amide bonds. The molecule has 2 aliphatic heterocycles. The maximum atomic E-state index is 12.1. The van der Waals surface area contributed by atoms with Crippen molar-refractivity contribution >= 4 is 21.8 Å². The van der Waals surface area contributed by atoms with Crippen LogP contribution in [-0.2, 0) is 14.6 Å². The van der Waals surface area contributed by atoms with Gasteiger partial charge in [-0.25, -0.2) is 13.2 Å². The van der Waals surface area contributed by atoms with Crippen LogP contribution in [0.4, 0.5) is 4.79 Å². The molecule has 0 saturated carbocycles. The van der Waals surface area contributed by atoms with Crippen LogP contribution in [0.15, 0.2) is 0 Å². The number of amides is 2. The highest BCUT2D eigenvalue weighted by Gasteiger charge is 2.51. The Bertz CT molecular complexity index is 504. The smallest absolute Gasteiger partial charge is 0.317 e. The Kier molecular flexibility index (Phi) is 4.22. The first kappa shape index (κ1) is 15.1. The lowest BCUT2D eigenvalue weighted by molar-refractivity contribution is -0.142. The Morgan fingerprint density at radius 1 is 1.35 bits per heavy atom. The molecule has 2 heterocycles. The molecule has 0 radical (unpaired) electrons. The van der Waals surface area contributed by atoms with Crippen LogP contribution < -0.4 is 5.32 Å². The number of fused-ring (bicyclic) bond motifs is 2. The molecule has 7 nitrogen and oxygen atoms in total. The summed E-state index contributed by atoms with van der Waals surface area (Å²) < 4.78 is 22.0. The predicted molar refractivity (Wildman–Crippen MR) is 72.1 cm³/mol. The fraction of sp³-hybridized carbons (Fsp3) is 0.833. The number of urea groups is 1. The number of carbonyl (C=O) groups is 2. The molecular formula is C12H20N2O5S. The maximum absolute atomic E-state index is 12.1. The van der Waals surface area contributed by atoms with E-state index >= 15 is 0 Å². The van der Waals surface area contributed by atoms with Crippen molar-refractivity contribution in [3.63, 3.8) is 0 Å². The normalized spacial score (nSPS) is 28.6. The van der Waals surface area contributed by atoms with Crippen molar-refractivity contribution in [3.05, 3.63) is 0 Å². The van der Waals surface area contributed by atoms with Gasteiger partial charge in [-0.3, -0.25) is 4.79 Å². The van der Waals surface area contributed by atoms with Crippen LogP contribution in [0.3, 0.4) is 0 Å². The SMILES string of the molecule is CS(=O)(=O)CCCNC(=O)N1C2CCC1C(C(=O)O)C2. The topological polar surface area (TPSA) is 104 Å². The molecule has 2 aliphatic rings. The second kappa shape index (κ2) is 5.59. The van der Waals surface area contributed by atoms with Crippen LogP contribution in [0.5, 0.6) is 0 Å². The number of carboxylic acids is 1. The van der Waals surface area contributed by atoms with E-state index in [1.165, 1.54) is 0 Å². The second-order valence-corrected chi connectivity index (χ2v) is 7.86. The zero-order valence-corrected chi connectivity index (χ0v) is 12.2. The Labute approximate surface area is 118 Å². The third kappa shape index (κ3) is 3.23. The Morgan fingerprint density at radius 3 is 2.60 bits per heavy atom. The van der Waals surface area contributed by atoms with E-state index < -0.39 is 21.7 Å². The van der Waals surface area contributed by atoms with Crippen LogP contribution >= 0.6 is 0 Å². The fourth-order valence-electron chi connectivity index (χ4n) is 3.19. The van der Waals surface area contributed by atoms with Crippen molar-refractivity contribution in [1.29, 1.82) is 0 Å². The predicted octanol–water partition coefficient (Wildman–Crippen LogP) is 0.0682. The summed E-state index contributed by atoms with van der Waals surface area (Å²) in [4.78, 5) is 24.8. The standard InChI is InChI=1S/C12H20N2O5S/c1-20(18,19)6-2-5-13-12(17)14-8-3-4-10(14)9(7-8)11(15)16/h8-10H,2-7H2,1H3,(H,13,17)(H,15,16). The summed E-state index contributed by atoms with van der Waals surface area (Å²) in [6.07, 6.45) is 3.64. The summed E-state index contributed by atoms with van der Waals surface area (Å²) in [7, 11) is -3.01. The highest BCUT2D eigenvalue weighted by molar-refractivity contribution is 7.90. The average Bonchev–Trinajstić information content (AvgIpc) is 2.90. The van der Waals surface area contributed by atoms with Crippen molar-refractivity contribution < 1.29 is 23.1 Å². The number of nitrogens with one attached hydrogen (secondary N) is 1. The van der Waals surface area contributed by atoms with E-state index in [2.05, 4.69) is 5.32 Å². The number of carboxylic acid groups (broad SMARTS) is 1. The van der Waals surface area contributed by atoms with E-state index in [9.17, 15) is 18.0 Å². The molecular weight excluding hydrogens is 284 g/mol. The van der Waals surface area contributed by atoms with Crippen LogP contribution in [0.1, 0.15) is 25.7 Å². The van der Waals surface area contributed by atoms with Gasteiger partial charge in [-0.1, -0.05) is 0 Å². The number of nitrogens with zero attached hydrogens (tertiary/aromatic N) is 1. The maximum Gasteiger partial charge on any atom is 0.317 e. The summed E-state index contributed by atoms with van der Waals surface area (Å²) in [6.45, 7) is 0.291. The van der Waals surface area contributed by atoms with Gasteiger partial charge in [0.05, 0.1) is 11.7 Å². The third-order valence-corrected chi connectivity index (χ3v) is 5.09. The molecule has 0 aromatic carbocycles. The molecule has 0 aromatic heterocycles. The summed E-state index contributed by atoms with van der Waals surface area (Å²) in [5.41, 5.74) is 0. The number of hydrogen-bond donors (Lipinski definition) is 2. The Hall–Kier alpha value is -1.31. The van der Waals surface area contributed by atoms with Crippen molar-refractivity contribution in [2.75, 3.05) is 18.6 Å². The van der Waals surface area contributed by atoms with Gasteiger partial charge >= 0.3 is 12.0 Å². The van der Waals surface area contributed by atoms with Gasteiger partial charge in [0, 0.05) is 24.9 Å². The van der Waals surface area contributed by atoms with Crippen LogP contribution in [-0.4, -0.2) is 61.1 Å². The second-order valence-electron chi connectivity index (χ2n) is 5.60. The van der Waals surface area contributed by atoms with Crippen molar-refractivity contribution in [2.45, 2.75) is 37.8 Å². The molecule has 0 aliphatic carbocycles. The lowest BCUT2D eigenvalue weighted by Gasteiger charge is -2.23. The lowest BCUT2D eigenvalue weighted by atomic mass is 9.89. The molecule has 3 atom stereocenters. The summed E-state index contributed by atoms with van der Waals surface area (Å²) in [5, 5.41) is 11.8. The molecule has 8 heteroatoms. The van der Waals surface area contributed by atoms with Gasteiger partial charge in [-0.15, -0.1) is 0 Å². The Balaban J connectivity index is 1.83. The minimum absolute atomic E-state index is 0.0102. The van der Waals surface area contributed by atoms with Crippen LogP contribution in [0.25, 0.3) is 0 Å². The van der Waals surface area contributed by atoms with E-state index in [4.69, 9.17) is 5.11 Å². The van der Waals surface area contributed by atoms with Gasteiger partial charge < -0.3 is 15.3 Å². The minimum atomic E-state index is -3.01. The molecule has 114 valence electrons. The third-order valence-electron chi connectivity index (χ3n) is 4.06. The number of carbonyl (C=O) groups excluding carboxylic acids is 1. The van der Waals surface area contributed by atoms with E-state index in [1.807, 2.05) is 0 Å². The first-order chi connectivity index (χ1) is 9.29. The van der Waals surface area contributed by atoms with E-state index in [0.29, 0.717) is 19.4 Å². The molecule has 2 rings (SSSR count). The highest BCUT2D eigenvalue weighted by atomic mass is 32.2. The summed E-state index contributed by atoms with van der Waals surface area (Å²) in [6, 6.07) is -0.474. The Morgan fingerprint density at radius 2 is 2.05 bits per heavy atom. The zero-order valence-electron chi connectivity index (χ0n) is 11.4. The van der Waals surface area contributed by atoms with Crippen LogP contribution in [0, 0.1) is 5.92 Å². The highest BCUT2D eigenvalue weighted by Crippen LogP contribution is 2.41. The van der Waals surface area contributed by atoms with Crippen molar-refractivity contribution in [3.8, 4) is 0 Å². The van der Waals surface area contributed by atoms with Gasteiger partial charge in [-0.2, -0.15) is 0 Å². The molecule has 2 fully saturated rings. The van der Waals surface area contributed by atoms with Crippen molar-refractivity contribution in [1.82, 2.24) is 10.2 Å². The molecule has 2 saturated heterocycles. The van der Waals surface area contributed by atoms with E-state index in [0.717, 1.165) is 19.1 Å². The summed E-state index contributed by atoms with van der Waals surface area (Å²) >= 11 is 0. The minimum Gasteiger partial charge on any atom is -0.481 e. The summed E-state index contributed by atoms with van der Waals surface area (Å²) in [5.74, 6) is -1.26. The molecule has 0 aromatic rings. The number of rotatable bonds is 5. The lowest BCUT2D eigenvalue weighted by Crippen LogP contribution is -2.44. The first-order valence-corrected chi connectivity index (χ1v) is 8.82. The van der Waals surface area contributed by atoms with Gasteiger partial charge in [0.2, 0.25) is 0 Å². The number of sulfone groups is 1. The molecule has 2 bridgehead atoms. The monoisotopic (exact) mass is 304 g/mol.